The average molecular weight is 310 g/mol. The zero-order valence-electron chi connectivity index (χ0n) is 13.1. The van der Waals surface area contributed by atoms with Crippen LogP contribution < -0.4 is 0 Å². The molecule has 0 amide bonds. The van der Waals surface area contributed by atoms with Gasteiger partial charge in [0.15, 0.2) is 0 Å². The van der Waals surface area contributed by atoms with Crippen molar-refractivity contribution in [2.75, 3.05) is 0 Å². The van der Waals surface area contributed by atoms with E-state index in [1.54, 1.807) is 0 Å². The Bertz CT molecular complexity index is 602. The molecule has 0 saturated carbocycles. The number of carbonyl (C=O) groups excluding carboxylic acids is 1. The van der Waals surface area contributed by atoms with Gasteiger partial charge in [0.05, 0.1) is 0 Å². The van der Waals surface area contributed by atoms with Crippen LogP contribution in [0.2, 0.25) is 0 Å². The number of benzene rings is 2. The highest BCUT2D eigenvalue weighted by molar-refractivity contribution is 8.16. The minimum Gasteiger partial charge on any atom is -0.281 e. The Morgan fingerprint density at radius 3 is 2.18 bits per heavy atom. The molecule has 0 heterocycles. The van der Waals surface area contributed by atoms with Crippen molar-refractivity contribution in [2.24, 2.45) is 11.8 Å². The van der Waals surface area contributed by atoms with Gasteiger partial charge in [0.1, 0.15) is 0 Å². The van der Waals surface area contributed by atoms with Crippen molar-refractivity contribution < 1.29 is 4.79 Å². The lowest BCUT2D eigenvalue weighted by Crippen LogP contribution is -2.09. The first-order valence-corrected chi connectivity index (χ1v) is 8.51. The van der Waals surface area contributed by atoms with Crippen molar-refractivity contribution in [1.29, 1.82) is 0 Å². The Morgan fingerprint density at radius 1 is 1.00 bits per heavy atom. The average Bonchev–Trinajstić information content (AvgIpc) is 2.55. The predicted molar refractivity (Wildman–Crippen MR) is 96.0 cm³/mol. The van der Waals surface area contributed by atoms with Crippen molar-refractivity contribution in [1.82, 2.24) is 0 Å². The first-order valence-electron chi connectivity index (χ1n) is 7.63. The molecule has 0 radical (unpaired) electrons. The van der Waals surface area contributed by atoms with Crippen LogP contribution in [-0.4, -0.2) is 5.12 Å². The zero-order chi connectivity index (χ0) is 15.8. The van der Waals surface area contributed by atoms with Gasteiger partial charge >= 0.3 is 0 Å². The smallest absolute Gasteiger partial charge is 0.223 e. The number of rotatable bonds is 6. The summed E-state index contributed by atoms with van der Waals surface area (Å²) in [6, 6.07) is 19.9. The summed E-state index contributed by atoms with van der Waals surface area (Å²) in [6.07, 6.45) is 3.18. The lowest BCUT2D eigenvalue weighted by molar-refractivity contribution is 0.109. The van der Waals surface area contributed by atoms with E-state index in [-0.39, 0.29) is 5.12 Å². The van der Waals surface area contributed by atoms with E-state index in [0.717, 1.165) is 12.0 Å². The molecule has 0 saturated heterocycles. The van der Waals surface area contributed by atoms with Gasteiger partial charge in [-0.1, -0.05) is 92.3 Å². The largest absolute Gasteiger partial charge is 0.281 e. The standard InChI is InChI=1S/C20H22OS/c1-16(2)19(15-17-9-5-3-6-10-17)13-14-22-20(21)18-11-7-4-8-12-18/h3-14,16,19H,15H2,1-2H3/b14-13+. The Balaban J connectivity index is 1.95. The van der Waals surface area contributed by atoms with Crippen LogP contribution in [0.15, 0.2) is 72.1 Å². The van der Waals surface area contributed by atoms with Gasteiger partial charge in [-0.15, -0.1) is 0 Å². The van der Waals surface area contributed by atoms with E-state index in [1.165, 1.54) is 17.3 Å². The van der Waals surface area contributed by atoms with E-state index in [2.05, 4.69) is 44.2 Å². The summed E-state index contributed by atoms with van der Waals surface area (Å²) >= 11 is 1.27. The van der Waals surface area contributed by atoms with Crippen LogP contribution in [0.1, 0.15) is 29.8 Å². The van der Waals surface area contributed by atoms with Gasteiger partial charge in [-0.05, 0) is 29.2 Å². The van der Waals surface area contributed by atoms with Gasteiger partial charge in [-0.3, -0.25) is 4.79 Å². The monoisotopic (exact) mass is 310 g/mol. The molecule has 1 nitrogen and oxygen atoms in total. The molecule has 0 aliphatic rings. The Morgan fingerprint density at radius 2 is 1.59 bits per heavy atom. The molecule has 1 atom stereocenters. The van der Waals surface area contributed by atoms with E-state index in [0.29, 0.717) is 11.8 Å². The summed E-state index contributed by atoms with van der Waals surface area (Å²) in [5, 5.41) is 2.04. The zero-order valence-corrected chi connectivity index (χ0v) is 13.9. The minimum atomic E-state index is 0.0964. The number of hydrogen-bond acceptors (Lipinski definition) is 2. The second-order valence-electron chi connectivity index (χ2n) is 5.70. The van der Waals surface area contributed by atoms with Gasteiger partial charge < -0.3 is 0 Å². The van der Waals surface area contributed by atoms with Crippen LogP contribution in [-0.2, 0) is 6.42 Å². The lowest BCUT2D eigenvalue weighted by Gasteiger charge is -2.16. The third-order valence-electron chi connectivity index (χ3n) is 3.68. The fourth-order valence-corrected chi connectivity index (χ4v) is 2.93. The van der Waals surface area contributed by atoms with Gasteiger partial charge in [-0.25, -0.2) is 0 Å². The molecule has 0 fully saturated rings. The summed E-state index contributed by atoms with van der Waals surface area (Å²) in [6.45, 7) is 4.45. The molecular weight excluding hydrogens is 288 g/mol. The third kappa shape index (κ3) is 5.19. The van der Waals surface area contributed by atoms with E-state index in [4.69, 9.17) is 0 Å². The number of carbonyl (C=O) groups is 1. The molecule has 2 aromatic carbocycles. The van der Waals surface area contributed by atoms with Crippen LogP contribution in [0, 0.1) is 11.8 Å². The van der Waals surface area contributed by atoms with Gasteiger partial charge in [0.2, 0.25) is 5.12 Å². The molecule has 0 aliphatic heterocycles. The predicted octanol–water partition coefficient (Wildman–Crippen LogP) is 5.59. The Hall–Kier alpha value is -1.80. The maximum Gasteiger partial charge on any atom is 0.223 e. The number of allylic oxidation sites excluding steroid dienone is 1. The van der Waals surface area contributed by atoms with E-state index >= 15 is 0 Å². The van der Waals surface area contributed by atoms with Crippen LogP contribution in [0.4, 0.5) is 0 Å². The quantitative estimate of drug-likeness (QED) is 0.692. The van der Waals surface area contributed by atoms with Crippen molar-refractivity contribution >= 4 is 16.9 Å². The Labute approximate surface area is 137 Å². The number of hydrogen-bond donors (Lipinski definition) is 0. The second-order valence-corrected chi connectivity index (χ2v) is 6.58. The maximum atomic E-state index is 12.1. The molecule has 0 N–H and O–H groups in total. The molecule has 2 heteroatoms. The van der Waals surface area contributed by atoms with Crippen molar-refractivity contribution in [2.45, 2.75) is 20.3 Å². The van der Waals surface area contributed by atoms with E-state index in [1.807, 2.05) is 41.8 Å². The lowest BCUT2D eigenvalue weighted by atomic mass is 9.89. The van der Waals surface area contributed by atoms with E-state index in [9.17, 15) is 4.79 Å². The minimum absolute atomic E-state index is 0.0964. The van der Waals surface area contributed by atoms with Gasteiger partial charge in [0.25, 0.3) is 0 Å². The summed E-state index contributed by atoms with van der Waals surface area (Å²) < 4.78 is 0. The topological polar surface area (TPSA) is 17.1 Å². The maximum absolute atomic E-state index is 12.1. The highest BCUT2D eigenvalue weighted by Gasteiger charge is 2.11. The first-order chi connectivity index (χ1) is 10.7. The van der Waals surface area contributed by atoms with Gasteiger partial charge in [-0.2, -0.15) is 0 Å². The van der Waals surface area contributed by atoms with Crippen LogP contribution in [0.3, 0.4) is 0 Å². The van der Waals surface area contributed by atoms with Crippen molar-refractivity contribution in [3.05, 3.63) is 83.3 Å². The fourth-order valence-electron chi connectivity index (χ4n) is 2.26. The highest BCUT2D eigenvalue weighted by Crippen LogP contribution is 2.21. The van der Waals surface area contributed by atoms with Crippen LogP contribution in [0.5, 0.6) is 0 Å². The molecule has 0 bridgehead atoms. The molecule has 0 aromatic heterocycles. The molecule has 22 heavy (non-hydrogen) atoms. The van der Waals surface area contributed by atoms with Crippen molar-refractivity contribution in [3.8, 4) is 0 Å². The third-order valence-corrected chi connectivity index (χ3v) is 4.42. The molecule has 114 valence electrons. The number of thioether (sulfide) groups is 1. The summed E-state index contributed by atoms with van der Waals surface area (Å²) in [4.78, 5) is 12.1. The SMILES string of the molecule is CC(C)C(/C=C/SC(=O)c1ccccc1)Cc1ccccc1. The fraction of sp³-hybridized carbons (Fsp3) is 0.250. The highest BCUT2D eigenvalue weighted by atomic mass is 32.2. The first kappa shape index (κ1) is 16.6. The molecule has 2 aromatic rings. The molecule has 0 spiro atoms. The molecule has 2 rings (SSSR count). The van der Waals surface area contributed by atoms with Gasteiger partial charge in [0, 0.05) is 5.56 Å². The summed E-state index contributed by atoms with van der Waals surface area (Å²) in [5.41, 5.74) is 2.09. The molecule has 0 aliphatic carbocycles. The second kappa shape index (κ2) is 8.60. The van der Waals surface area contributed by atoms with Crippen LogP contribution in [0.25, 0.3) is 0 Å². The summed E-state index contributed by atoms with van der Waals surface area (Å²) in [5.74, 6) is 0.988. The van der Waals surface area contributed by atoms with Crippen LogP contribution >= 0.6 is 11.8 Å². The van der Waals surface area contributed by atoms with E-state index < -0.39 is 0 Å². The molecule has 1 unspecified atom stereocenters. The normalized spacial score (nSPS) is 12.7. The van der Waals surface area contributed by atoms with Crippen molar-refractivity contribution in [3.63, 3.8) is 0 Å². The Kier molecular flexibility index (Phi) is 6.47. The molecular formula is C20H22OS. The summed E-state index contributed by atoms with van der Waals surface area (Å²) in [7, 11) is 0.